The molecule has 1 aromatic carbocycles. The highest BCUT2D eigenvalue weighted by atomic mass is 16.5. The van der Waals surface area contributed by atoms with Crippen molar-refractivity contribution in [2.75, 3.05) is 23.8 Å². The molecule has 0 radical (unpaired) electrons. The van der Waals surface area contributed by atoms with E-state index in [-0.39, 0.29) is 0 Å². The Labute approximate surface area is 125 Å². The minimum atomic E-state index is 0.643. The van der Waals surface area contributed by atoms with E-state index in [9.17, 15) is 0 Å². The van der Waals surface area contributed by atoms with Gasteiger partial charge in [-0.15, -0.1) is 0 Å². The van der Waals surface area contributed by atoms with Crippen LogP contribution in [0.3, 0.4) is 0 Å². The molecule has 5 nitrogen and oxygen atoms in total. The van der Waals surface area contributed by atoms with Crippen LogP contribution in [0.15, 0.2) is 36.5 Å². The molecule has 0 amide bonds. The maximum Gasteiger partial charge on any atom is 0.224 e. The van der Waals surface area contributed by atoms with Gasteiger partial charge in [-0.05, 0) is 43.2 Å². The van der Waals surface area contributed by atoms with Crippen LogP contribution in [-0.4, -0.2) is 23.1 Å². The molecule has 0 atom stereocenters. The van der Waals surface area contributed by atoms with Gasteiger partial charge in [0, 0.05) is 18.4 Å². The van der Waals surface area contributed by atoms with Gasteiger partial charge in [0.2, 0.25) is 5.95 Å². The van der Waals surface area contributed by atoms with E-state index in [1.165, 1.54) is 0 Å². The Morgan fingerprint density at radius 2 is 1.86 bits per heavy atom. The third-order valence-electron chi connectivity index (χ3n) is 2.79. The quantitative estimate of drug-likeness (QED) is 0.772. The minimum Gasteiger partial charge on any atom is -0.494 e. The maximum atomic E-state index is 5.56. The zero-order valence-corrected chi connectivity index (χ0v) is 12.6. The van der Waals surface area contributed by atoms with Gasteiger partial charge in [0.1, 0.15) is 11.6 Å². The number of nitrogens with zero attached hydrogens (tertiary/aromatic N) is 2. The van der Waals surface area contributed by atoms with Crippen LogP contribution in [0.5, 0.6) is 5.75 Å². The zero-order valence-electron chi connectivity index (χ0n) is 12.6. The molecule has 0 aliphatic heterocycles. The van der Waals surface area contributed by atoms with E-state index >= 15 is 0 Å². The zero-order chi connectivity index (χ0) is 14.9. The predicted octanol–water partition coefficient (Wildman–Crippen LogP) is 3.83. The van der Waals surface area contributed by atoms with Crippen LogP contribution in [0.25, 0.3) is 0 Å². The summed E-state index contributed by atoms with van der Waals surface area (Å²) < 4.78 is 5.56. The molecule has 5 heteroatoms. The maximum absolute atomic E-state index is 5.56. The smallest absolute Gasteiger partial charge is 0.224 e. The van der Waals surface area contributed by atoms with Crippen LogP contribution in [-0.2, 0) is 0 Å². The molecule has 2 rings (SSSR count). The third-order valence-corrected chi connectivity index (χ3v) is 2.79. The summed E-state index contributed by atoms with van der Waals surface area (Å²) in [5, 5.41) is 6.43. The number of anilines is 3. The van der Waals surface area contributed by atoms with E-state index < -0.39 is 0 Å². The number of rotatable bonds is 8. The highest BCUT2D eigenvalue weighted by Crippen LogP contribution is 2.19. The van der Waals surface area contributed by atoms with Crippen LogP contribution in [0.4, 0.5) is 17.5 Å². The second kappa shape index (κ2) is 8.09. The van der Waals surface area contributed by atoms with Gasteiger partial charge in [-0.1, -0.05) is 13.8 Å². The van der Waals surface area contributed by atoms with E-state index in [0.29, 0.717) is 5.95 Å². The first-order valence-electron chi connectivity index (χ1n) is 7.38. The Kier molecular flexibility index (Phi) is 5.82. The fourth-order valence-corrected chi connectivity index (χ4v) is 1.75. The van der Waals surface area contributed by atoms with E-state index in [1.54, 1.807) is 6.20 Å². The summed E-state index contributed by atoms with van der Waals surface area (Å²) in [6.07, 6.45) is 3.79. The highest BCUT2D eigenvalue weighted by molar-refractivity contribution is 5.57. The topological polar surface area (TPSA) is 59.1 Å². The molecule has 21 heavy (non-hydrogen) atoms. The first kappa shape index (κ1) is 15.1. The summed E-state index contributed by atoms with van der Waals surface area (Å²) >= 11 is 0. The summed E-state index contributed by atoms with van der Waals surface area (Å²) in [4.78, 5) is 8.60. The molecule has 2 N–H and O–H groups in total. The lowest BCUT2D eigenvalue weighted by Gasteiger charge is -2.09. The number of benzene rings is 1. The summed E-state index contributed by atoms with van der Waals surface area (Å²) in [6, 6.07) is 9.71. The summed E-state index contributed by atoms with van der Waals surface area (Å²) in [5.74, 6) is 2.30. The molecular weight excluding hydrogens is 264 g/mol. The number of nitrogens with one attached hydrogen (secondary N) is 2. The average molecular weight is 286 g/mol. The normalized spacial score (nSPS) is 10.2. The van der Waals surface area contributed by atoms with Crippen molar-refractivity contribution in [2.24, 2.45) is 0 Å². The lowest BCUT2D eigenvalue weighted by atomic mass is 10.3. The van der Waals surface area contributed by atoms with Crippen molar-refractivity contribution < 1.29 is 4.74 Å². The monoisotopic (exact) mass is 286 g/mol. The molecule has 0 aliphatic carbocycles. The van der Waals surface area contributed by atoms with Gasteiger partial charge in [0.15, 0.2) is 0 Å². The lowest BCUT2D eigenvalue weighted by Crippen LogP contribution is -2.05. The molecule has 0 spiro atoms. The van der Waals surface area contributed by atoms with E-state index in [0.717, 1.165) is 43.2 Å². The largest absolute Gasteiger partial charge is 0.494 e. The van der Waals surface area contributed by atoms with Crippen LogP contribution >= 0.6 is 0 Å². The van der Waals surface area contributed by atoms with Gasteiger partial charge >= 0.3 is 0 Å². The molecular formula is C16H22N4O. The van der Waals surface area contributed by atoms with Crippen LogP contribution in [0, 0.1) is 0 Å². The van der Waals surface area contributed by atoms with Gasteiger partial charge in [-0.3, -0.25) is 0 Å². The number of hydrogen-bond donors (Lipinski definition) is 2. The van der Waals surface area contributed by atoms with Crippen molar-refractivity contribution in [1.82, 2.24) is 9.97 Å². The Bertz CT molecular complexity index is 542. The van der Waals surface area contributed by atoms with Crippen molar-refractivity contribution in [1.29, 1.82) is 0 Å². The summed E-state index contributed by atoms with van der Waals surface area (Å²) in [5.41, 5.74) is 0.971. The first-order chi connectivity index (χ1) is 10.3. The first-order valence-corrected chi connectivity index (χ1v) is 7.38. The Balaban J connectivity index is 1.97. The highest BCUT2D eigenvalue weighted by Gasteiger charge is 2.00. The fourth-order valence-electron chi connectivity index (χ4n) is 1.75. The Hall–Kier alpha value is -2.30. The molecule has 1 aromatic heterocycles. The van der Waals surface area contributed by atoms with Crippen LogP contribution in [0.2, 0.25) is 0 Å². The second-order valence-electron chi connectivity index (χ2n) is 4.69. The fraction of sp³-hybridized carbons (Fsp3) is 0.375. The second-order valence-corrected chi connectivity index (χ2v) is 4.69. The van der Waals surface area contributed by atoms with Gasteiger partial charge in [0.25, 0.3) is 0 Å². The lowest BCUT2D eigenvalue weighted by molar-refractivity contribution is 0.317. The molecule has 0 saturated heterocycles. The molecule has 0 fully saturated rings. The molecule has 0 aliphatic rings. The molecule has 2 aromatic rings. The predicted molar refractivity (Wildman–Crippen MR) is 86.3 cm³/mol. The summed E-state index contributed by atoms with van der Waals surface area (Å²) in [7, 11) is 0. The van der Waals surface area contributed by atoms with Crippen LogP contribution in [0.1, 0.15) is 26.7 Å². The van der Waals surface area contributed by atoms with Crippen LogP contribution < -0.4 is 15.4 Å². The third kappa shape index (κ3) is 4.95. The molecule has 1 heterocycles. The SMILES string of the molecule is CCCNc1nccc(Nc2ccc(OCCC)cc2)n1. The standard InChI is InChI=1S/C16H22N4O/c1-3-10-17-16-18-11-9-15(20-16)19-13-5-7-14(8-6-13)21-12-4-2/h5-9,11H,3-4,10,12H2,1-2H3,(H2,17,18,19,20). The van der Waals surface area contributed by atoms with Gasteiger partial charge < -0.3 is 15.4 Å². The van der Waals surface area contributed by atoms with Gasteiger partial charge in [0.05, 0.1) is 6.61 Å². The number of aromatic nitrogens is 2. The molecule has 0 saturated carbocycles. The average Bonchev–Trinajstić information content (AvgIpc) is 2.53. The van der Waals surface area contributed by atoms with Crippen molar-refractivity contribution in [3.63, 3.8) is 0 Å². The minimum absolute atomic E-state index is 0.643. The Morgan fingerprint density at radius 1 is 1.05 bits per heavy atom. The van der Waals surface area contributed by atoms with E-state index in [2.05, 4.69) is 34.4 Å². The Morgan fingerprint density at radius 3 is 2.57 bits per heavy atom. The summed E-state index contributed by atoms with van der Waals surface area (Å²) in [6.45, 7) is 5.81. The van der Waals surface area contributed by atoms with Gasteiger partial charge in [-0.2, -0.15) is 4.98 Å². The van der Waals surface area contributed by atoms with Crippen molar-refractivity contribution in [2.45, 2.75) is 26.7 Å². The van der Waals surface area contributed by atoms with Gasteiger partial charge in [-0.25, -0.2) is 4.98 Å². The van der Waals surface area contributed by atoms with E-state index in [4.69, 9.17) is 4.74 Å². The number of ether oxygens (including phenoxy) is 1. The van der Waals surface area contributed by atoms with Crippen molar-refractivity contribution >= 4 is 17.5 Å². The van der Waals surface area contributed by atoms with E-state index in [1.807, 2.05) is 30.3 Å². The van der Waals surface area contributed by atoms with Crippen molar-refractivity contribution in [3.8, 4) is 5.75 Å². The van der Waals surface area contributed by atoms with Crippen molar-refractivity contribution in [3.05, 3.63) is 36.5 Å². The molecule has 0 unspecified atom stereocenters. The number of hydrogen-bond acceptors (Lipinski definition) is 5. The molecule has 112 valence electrons. The molecule has 0 bridgehead atoms.